The summed E-state index contributed by atoms with van der Waals surface area (Å²) in [6.45, 7) is 0. The largest absolute Gasteiger partial charge is 0.497 e. The smallest absolute Gasteiger partial charge is 0.255 e. The fourth-order valence-electron chi connectivity index (χ4n) is 1.73. The predicted octanol–water partition coefficient (Wildman–Crippen LogP) is 3.24. The van der Waals surface area contributed by atoms with Gasteiger partial charge in [-0.2, -0.15) is 0 Å². The molecule has 108 valence electrons. The number of carbonyl (C=O) groups excluding carboxylic acids is 1. The second kappa shape index (κ2) is 6.56. The Kier molecular flexibility index (Phi) is 4.77. The van der Waals surface area contributed by atoms with E-state index >= 15 is 0 Å². The van der Waals surface area contributed by atoms with Gasteiger partial charge in [-0.3, -0.25) is 4.79 Å². The molecule has 0 bridgehead atoms. The van der Waals surface area contributed by atoms with Crippen LogP contribution in [0, 0.1) is 0 Å². The molecule has 2 aromatic carbocycles. The number of carbonyl (C=O) groups is 1. The van der Waals surface area contributed by atoms with Crippen LogP contribution < -0.4 is 15.8 Å². The first kappa shape index (κ1) is 15.3. The van der Waals surface area contributed by atoms with Crippen LogP contribution in [0.15, 0.2) is 42.5 Å². The van der Waals surface area contributed by atoms with Crippen LogP contribution in [0.3, 0.4) is 0 Å². The number of hydrogen-bond acceptors (Lipinski definition) is 3. The molecule has 0 aliphatic heterocycles. The maximum absolute atomic E-state index is 12.2. The number of amides is 1. The first-order valence-corrected chi connectivity index (χ1v) is 6.84. The molecule has 0 aliphatic rings. The minimum atomic E-state index is -0.295. The fourth-order valence-corrected chi connectivity index (χ4v) is 2.02. The Balaban J connectivity index is 2.26. The van der Waals surface area contributed by atoms with Gasteiger partial charge in [0.05, 0.1) is 17.8 Å². The number of nitrogens with one attached hydrogen (secondary N) is 1. The van der Waals surface area contributed by atoms with Gasteiger partial charge in [-0.05, 0) is 30.3 Å². The molecule has 0 unspecified atom stereocenters. The minimum absolute atomic E-state index is 0.239. The normalized spacial score (nSPS) is 10.0. The van der Waals surface area contributed by atoms with E-state index in [1.807, 2.05) is 0 Å². The van der Waals surface area contributed by atoms with Crippen LogP contribution in [0.2, 0.25) is 5.02 Å². The number of thiocarbonyl (C=S) groups is 1. The van der Waals surface area contributed by atoms with E-state index in [-0.39, 0.29) is 10.9 Å². The molecule has 3 N–H and O–H groups in total. The van der Waals surface area contributed by atoms with Crippen molar-refractivity contribution in [1.29, 1.82) is 0 Å². The van der Waals surface area contributed by atoms with Crippen LogP contribution in [-0.2, 0) is 0 Å². The molecule has 0 saturated carbocycles. The van der Waals surface area contributed by atoms with Gasteiger partial charge in [-0.15, -0.1) is 0 Å². The lowest BCUT2D eigenvalue weighted by atomic mass is 10.1. The summed E-state index contributed by atoms with van der Waals surface area (Å²) >= 11 is 11.0. The number of halogens is 1. The number of hydrogen-bond donors (Lipinski definition) is 2. The van der Waals surface area contributed by atoms with E-state index in [2.05, 4.69) is 5.32 Å². The van der Waals surface area contributed by atoms with Crippen molar-refractivity contribution in [3.05, 3.63) is 58.6 Å². The molecule has 21 heavy (non-hydrogen) atoms. The third-order valence-electron chi connectivity index (χ3n) is 2.83. The lowest BCUT2D eigenvalue weighted by Gasteiger charge is -2.10. The number of anilines is 1. The number of rotatable bonds is 4. The maximum atomic E-state index is 12.2. The third kappa shape index (κ3) is 3.71. The Bertz CT molecular complexity index is 704. The Morgan fingerprint density at radius 2 is 2.00 bits per heavy atom. The molecule has 0 spiro atoms. The molecule has 0 fully saturated rings. The van der Waals surface area contributed by atoms with Crippen LogP contribution in [0.25, 0.3) is 0 Å². The molecule has 0 aliphatic carbocycles. The van der Waals surface area contributed by atoms with Crippen molar-refractivity contribution in [3.8, 4) is 5.75 Å². The highest BCUT2D eigenvalue weighted by Gasteiger charge is 2.10. The SMILES string of the molecule is COc1cccc(C(=O)Nc2cc(C(N)=S)ccc2Cl)c1. The molecule has 0 radical (unpaired) electrons. The van der Waals surface area contributed by atoms with Gasteiger partial charge in [-0.25, -0.2) is 0 Å². The van der Waals surface area contributed by atoms with Gasteiger partial charge in [0.15, 0.2) is 0 Å². The molecule has 0 atom stereocenters. The molecule has 1 amide bonds. The van der Waals surface area contributed by atoms with Crippen LogP contribution in [-0.4, -0.2) is 18.0 Å². The zero-order chi connectivity index (χ0) is 15.4. The van der Waals surface area contributed by atoms with Crippen molar-refractivity contribution in [1.82, 2.24) is 0 Å². The average molecular weight is 321 g/mol. The topological polar surface area (TPSA) is 64.3 Å². The molecular weight excluding hydrogens is 308 g/mol. The van der Waals surface area contributed by atoms with Gasteiger partial charge in [0.1, 0.15) is 10.7 Å². The van der Waals surface area contributed by atoms with Crippen LogP contribution in [0.1, 0.15) is 15.9 Å². The van der Waals surface area contributed by atoms with Crippen LogP contribution >= 0.6 is 23.8 Å². The molecule has 0 aromatic heterocycles. The van der Waals surface area contributed by atoms with Crippen molar-refractivity contribution >= 4 is 40.4 Å². The summed E-state index contributed by atoms with van der Waals surface area (Å²) in [6.07, 6.45) is 0. The second-order valence-corrected chi connectivity index (χ2v) is 5.09. The van der Waals surface area contributed by atoms with Gasteiger partial charge < -0.3 is 15.8 Å². The summed E-state index contributed by atoms with van der Waals surface area (Å²) in [7, 11) is 1.54. The van der Waals surface area contributed by atoms with Crippen LogP contribution in [0.4, 0.5) is 5.69 Å². The van der Waals surface area contributed by atoms with Gasteiger partial charge in [0, 0.05) is 11.1 Å². The molecule has 2 aromatic rings. The average Bonchev–Trinajstić information content (AvgIpc) is 2.49. The van der Waals surface area contributed by atoms with Crippen molar-refractivity contribution in [2.45, 2.75) is 0 Å². The summed E-state index contributed by atoms with van der Waals surface area (Å²) < 4.78 is 5.09. The monoisotopic (exact) mass is 320 g/mol. The van der Waals surface area contributed by atoms with Gasteiger partial charge in [-0.1, -0.05) is 36.0 Å². The van der Waals surface area contributed by atoms with E-state index < -0.39 is 0 Å². The lowest BCUT2D eigenvalue weighted by Crippen LogP contribution is -2.14. The van der Waals surface area contributed by atoms with Gasteiger partial charge in [0.25, 0.3) is 5.91 Å². The number of methoxy groups -OCH3 is 1. The molecule has 0 heterocycles. The number of ether oxygens (including phenoxy) is 1. The third-order valence-corrected chi connectivity index (χ3v) is 3.40. The van der Waals surface area contributed by atoms with Crippen molar-refractivity contribution in [2.75, 3.05) is 12.4 Å². The first-order chi connectivity index (χ1) is 10.0. The van der Waals surface area contributed by atoms with Gasteiger partial charge in [0.2, 0.25) is 0 Å². The summed E-state index contributed by atoms with van der Waals surface area (Å²) in [5, 5.41) is 3.14. The Hall–Kier alpha value is -2.11. The van der Waals surface area contributed by atoms with E-state index in [1.165, 1.54) is 0 Å². The highest BCUT2D eigenvalue weighted by atomic mass is 35.5. The fraction of sp³-hybridized carbons (Fsp3) is 0.0667. The summed E-state index contributed by atoms with van der Waals surface area (Å²) in [4.78, 5) is 12.5. The van der Waals surface area contributed by atoms with E-state index in [1.54, 1.807) is 49.6 Å². The minimum Gasteiger partial charge on any atom is -0.497 e. The summed E-state index contributed by atoms with van der Waals surface area (Å²) in [5.41, 5.74) is 7.12. The molecule has 6 heteroatoms. The van der Waals surface area contributed by atoms with E-state index in [0.717, 1.165) is 0 Å². The Labute approximate surface area is 132 Å². The summed E-state index contributed by atoms with van der Waals surface area (Å²) in [5.74, 6) is 0.307. The van der Waals surface area contributed by atoms with Crippen molar-refractivity contribution in [3.63, 3.8) is 0 Å². The van der Waals surface area contributed by atoms with Crippen molar-refractivity contribution in [2.24, 2.45) is 5.73 Å². The van der Waals surface area contributed by atoms with Gasteiger partial charge >= 0.3 is 0 Å². The number of benzene rings is 2. The van der Waals surface area contributed by atoms with Crippen molar-refractivity contribution < 1.29 is 9.53 Å². The van der Waals surface area contributed by atoms with E-state index in [9.17, 15) is 4.79 Å². The van der Waals surface area contributed by atoms with E-state index in [4.69, 9.17) is 34.3 Å². The Morgan fingerprint density at radius 3 is 2.67 bits per heavy atom. The maximum Gasteiger partial charge on any atom is 0.255 e. The zero-order valence-electron chi connectivity index (χ0n) is 11.2. The Morgan fingerprint density at radius 1 is 1.24 bits per heavy atom. The highest BCUT2D eigenvalue weighted by Crippen LogP contribution is 2.24. The summed E-state index contributed by atoms with van der Waals surface area (Å²) in [6, 6.07) is 11.8. The predicted molar refractivity (Wildman–Crippen MR) is 88.3 cm³/mol. The first-order valence-electron chi connectivity index (χ1n) is 6.06. The molecule has 2 rings (SSSR count). The lowest BCUT2D eigenvalue weighted by molar-refractivity contribution is 0.102. The molecule has 0 saturated heterocycles. The number of nitrogens with two attached hydrogens (primary N) is 1. The standard InChI is InChI=1S/C15H13ClN2O2S/c1-20-11-4-2-3-10(7-11)15(19)18-13-8-9(14(17)21)5-6-12(13)16/h2-8H,1H3,(H2,17,21)(H,18,19). The zero-order valence-corrected chi connectivity index (χ0v) is 12.8. The second-order valence-electron chi connectivity index (χ2n) is 4.24. The van der Waals surface area contributed by atoms with Crippen LogP contribution in [0.5, 0.6) is 5.75 Å². The quantitative estimate of drug-likeness (QED) is 0.849. The molecule has 4 nitrogen and oxygen atoms in total. The molecular formula is C15H13ClN2O2S. The highest BCUT2D eigenvalue weighted by molar-refractivity contribution is 7.80. The van der Waals surface area contributed by atoms with E-state index in [0.29, 0.717) is 27.6 Å².